The third kappa shape index (κ3) is 1.85. The summed E-state index contributed by atoms with van der Waals surface area (Å²) in [6, 6.07) is 13.7. The maximum absolute atomic E-state index is 12.1. The molecule has 1 aromatic heterocycles. The number of benzene rings is 2. The molecule has 0 aliphatic carbocycles. The normalized spacial score (nSPS) is 10.6. The Labute approximate surface area is 103 Å². The lowest BCUT2D eigenvalue weighted by atomic mass is 10.0. The van der Waals surface area contributed by atoms with Crippen LogP contribution in [0.5, 0.6) is 0 Å². The van der Waals surface area contributed by atoms with Crippen LogP contribution in [0.1, 0.15) is 16.1 Å². The molecular weight excluding hydrogens is 230 g/mol. The van der Waals surface area contributed by atoms with Gasteiger partial charge in [-0.25, -0.2) is 4.98 Å². The van der Waals surface area contributed by atoms with Gasteiger partial charge in [-0.1, -0.05) is 36.4 Å². The van der Waals surface area contributed by atoms with Crippen molar-refractivity contribution in [3.05, 3.63) is 64.6 Å². The quantitative estimate of drug-likeness (QED) is 0.640. The molecule has 0 bridgehead atoms. The smallest absolute Gasteiger partial charge is 0.212 e. The molecule has 17 heavy (non-hydrogen) atoms. The first-order valence-corrected chi connectivity index (χ1v) is 6.20. The van der Waals surface area contributed by atoms with Crippen molar-refractivity contribution < 1.29 is 4.79 Å². The Kier molecular flexibility index (Phi) is 2.46. The lowest BCUT2D eigenvalue weighted by Crippen LogP contribution is -2.01. The van der Waals surface area contributed by atoms with Gasteiger partial charge in [-0.2, -0.15) is 0 Å². The number of carbonyl (C=O) groups excluding carboxylic acids is 1. The van der Waals surface area contributed by atoms with E-state index in [1.54, 1.807) is 10.9 Å². The zero-order valence-corrected chi connectivity index (χ0v) is 9.78. The minimum absolute atomic E-state index is 0.0167. The summed E-state index contributed by atoms with van der Waals surface area (Å²) in [6.45, 7) is 0. The molecule has 3 aromatic rings. The topological polar surface area (TPSA) is 30.0 Å². The highest BCUT2D eigenvalue weighted by Gasteiger charge is 2.10. The predicted molar refractivity (Wildman–Crippen MR) is 69.5 cm³/mol. The molecule has 0 amide bonds. The Morgan fingerprint density at radius 2 is 1.88 bits per heavy atom. The third-order valence-electron chi connectivity index (χ3n) is 2.68. The van der Waals surface area contributed by atoms with Crippen molar-refractivity contribution >= 4 is 27.9 Å². The van der Waals surface area contributed by atoms with Crippen molar-refractivity contribution in [2.75, 3.05) is 0 Å². The number of rotatable bonds is 2. The minimum Gasteiger partial charge on any atom is -0.287 e. The van der Waals surface area contributed by atoms with Gasteiger partial charge in [0.25, 0.3) is 0 Å². The van der Waals surface area contributed by atoms with Crippen molar-refractivity contribution in [3.8, 4) is 0 Å². The Morgan fingerprint density at radius 1 is 1.06 bits per heavy atom. The van der Waals surface area contributed by atoms with Gasteiger partial charge in [-0.3, -0.25) is 4.79 Å². The number of hydrogen-bond acceptors (Lipinski definition) is 3. The fourth-order valence-corrected chi connectivity index (χ4v) is 2.34. The van der Waals surface area contributed by atoms with Crippen LogP contribution in [0.15, 0.2) is 53.4 Å². The second kappa shape index (κ2) is 4.11. The van der Waals surface area contributed by atoms with E-state index in [2.05, 4.69) is 4.98 Å². The van der Waals surface area contributed by atoms with Gasteiger partial charge in [-0.05, 0) is 16.8 Å². The molecule has 0 aliphatic heterocycles. The van der Waals surface area contributed by atoms with E-state index >= 15 is 0 Å². The van der Waals surface area contributed by atoms with Crippen LogP contribution >= 0.6 is 11.3 Å². The molecule has 0 N–H and O–H groups in total. The van der Waals surface area contributed by atoms with Crippen LogP contribution in [0.4, 0.5) is 0 Å². The predicted octanol–water partition coefficient (Wildman–Crippen LogP) is 3.53. The molecule has 0 atom stereocenters. The SMILES string of the molecule is O=C(c1ccc2ccccc2c1)c1cscn1. The first-order valence-electron chi connectivity index (χ1n) is 5.26. The Morgan fingerprint density at radius 3 is 2.65 bits per heavy atom. The molecule has 3 rings (SSSR count). The van der Waals surface area contributed by atoms with Crippen LogP contribution in [0.3, 0.4) is 0 Å². The molecule has 3 heteroatoms. The van der Waals surface area contributed by atoms with Crippen molar-refractivity contribution in [2.24, 2.45) is 0 Å². The molecule has 0 saturated carbocycles. The van der Waals surface area contributed by atoms with Crippen LogP contribution in [0.25, 0.3) is 10.8 Å². The maximum Gasteiger partial charge on any atom is 0.212 e. The van der Waals surface area contributed by atoms with E-state index in [1.165, 1.54) is 11.3 Å². The highest BCUT2D eigenvalue weighted by Crippen LogP contribution is 2.18. The average Bonchev–Trinajstić information content (AvgIpc) is 2.91. The van der Waals surface area contributed by atoms with Crippen LogP contribution in [0.2, 0.25) is 0 Å². The van der Waals surface area contributed by atoms with Gasteiger partial charge in [0.15, 0.2) is 0 Å². The fourth-order valence-electron chi connectivity index (χ4n) is 1.80. The molecule has 0 fully saturated rings. The number of nitrogens with zero attached hydrogens (tertiary/aromatic N) is 1. The van der Waals surface area contributed by atoms with E-state index in [0.29, 0.717) is 11.3 Å². The average molecular weight is 239 g/mol. The molecule has 0 spiro atoms. The summed E-state index contributed by atoms with van der Waals surface area (Å²) in [5, 5.41) is 3.99. The van der Waals surface area contributed by atoms with Crippen molar-refractivity contribution in [3.63, 3.8) is 0 Å². The second-order valence-electron chi connectivity index (χ2n) is 3.76. The van der Waals surface area contributed by atoms with Crippen molar-refractivity contribution in [2.45, 2.75) is 0 Å². The maximum atomic E-state index is 12.1. The van der Waals surface area contributed by atoms with Crippen LogP contribution in [-0.2, 0) is 0 Å². The molecule has 82 valence electrons. The summed E-state index contributed by atoms with van der Waals surface area (Å²) in [5.41, 5.74) is 2.88. The number of hydrogen-bond donors (Lipinski definition) is 0. The van der Waals surface area contributed by atoms with Gasteiger partial charge in [0.1, 0.15) is 5.69 Å². The molecule has 0 unspecified atom stereocenters. The first kappa shape index (κ1) is 10.2. The second-order valence-corrected chi connectivity index (χ2v) is 4.48. The van der Waals surface area contributed by atoms with Gasteiger partial charge in [0.05, 0.1) is 5.51 Å². The molecule has 2 aromatic carbocycles. The number of ketones is 1. The van der Waals surface area contributed by atoms with E-state index in [0.717, 1.165) is 10.8 Å². The van der Waals surface area contributed by atoms with E-state index in [4.69, 9.17) is 0 Å². The Balaban J connectivity index is 2.09. The Hall–Kier alpha value is -2.00. The molecule has 0 radical (unpaired) electrons. The summed E-state index contributed by atoms with van der Waals surface area (Å²) < 4.78 is 0. The van der Waals surface area contributed by atoms with E-state index < -0.39 is 0 Å². The lowest BCUT2D eigenvalue weighted by molar-refractivity contribution is 0.103. The zero-order chi connectivity index (χ0) is 11.7. The number of carbonyl (C=O) groups is 1. The van der Waals surface area contributed by atoms with Gasteiger partial charge in [-0.15, -0.1) is 11.3 Å². The number of fused-ring (bicyclic) bond motifs is 1. The van der Waals surface area contributed by atoms with E-state index in [9.17, 15) is 4.79 Å². The summed E-state index contributed by atoms with van der Waals surface area (Å²) >= 11 is 1.43. The van der Waals surface area contributed by atoms with Crippen LogP contribution < -0.4 is 0 Å². The molecule has 1 heterocycles. The highest BCUT2D eigenvalue weighted by atomic mass is 32.1. The van der Waals surface area contributed by atoms with E-state index in [1.807, 2.05) is 42.5 Å². The summed E-state index contributed by atoms with van der Waals surface area (Å²) in [5.74, 6) is -0.0167. The summed E-state index contributed by atoms with van der Waals surface area (Å²) in [6.07, 6.45) is 0. The third-order valence-corrected chi connectivity index (χ3v) is 3.26. The zero-order valence-electron chi connectivity index (χ0n) is 8.96. The summed E-state index contributed by atoms with van der Waals surface area (Å²) in [7, 11) is 0. The van der Waals surface area contributed by atoms with E-state index in [-0.39, 0.29) is 5.78 Å². The lowest BCUT2D eigenvalue weighted by Gasteiger charge is -2.01. The van der Waals surface area contributed by atoms with Crippen molar-refractivity contribution in [1.29, 1.82) is 0 Å². The monoisotopic (exact) mass is 239 g/mol. The standard InChI is InChI=1S/C14H9NOS/c16-14(13-8-17-9-15-13)12-6-5-10-3-1-2-4-11(10)7-12/h1-9H. The van der Waals surface area contributed by atoms with Gasteiger partial charge in [0, 0.05) is 10.9 Å². The highest BCUT2D eigenvalue weighted by molar-refractivity contribution is 7.07. The fraction of sp³-hybridized carbons (Fsp3) is 0. The van der Waals surface area contributed by atoms with Crippen LogP contribution in [-0.4, -0.2) is 10.8 Å². The van der Waals surface area contributed by atoms with Gasteiger partial charge < -0.3 is 0 Å². The minimum atomic E-state index is -0.0167. The number of thiazole rings is 1. The molecule has 0 aliphatic rings. The van der Waals surface area contributed by atoms with Crippen molar-refractivity contribution in [1.82, 2.24) is 4.98 Å². The molecular formula is C14H9NOS. The molecule has 0 saturated heterocycles. The number of aromatic nitrogens is 1. The van der Waals surface area contributed by atoms with Crippen LogP contribution in [0, 0.1) is 0 Å². The molecule has 2 nitrogen and oxygen atoms in total. The van der Waals surface area contributed by atoms with Gasteiger partial charge in [0.2, 0.25) is 5.78 Å². The summed E-state index contributed by atoms with van der Waals surface area (Å²) in [4.78, 5) is 16.1. The Bertz CT molecular complexity index is 674. The van der Waals surface area contributed by atoms with Gasteiger partial charge >= 0.3 is 0 Å². The first-order chi connectivity index (χ1) is 8.34. The largest absolute Gasteiger partial charge is 0.287 e.